The van der Waals surface area contributed by atoms with Crippen LogP contribution in [0.5, 0.6) is 0 Å². The van der Waals surface area contributed by atoms with Crippen LogP contribution < -0.4 is 0 Å². The molecule has 0 aromatic heterocycles. The van der Waals surface area contributed by atoms with E-state index < -0.39 is 0 Å². The lowest BCUT2D eigenvalue weighted by molar-refractivity contribution is 0.103. The van der Waals surface area contributed by atoms with Crippen molar-refractivity contribution in [3.05, 3.63) is 69.5 Å². The molecule has 2 heteroatoms. The lowest BCUT2D eigenvalue weighted by atomic mass is 9.77. The molecule has 0 saturated carbocycles. The maximum atomic E-state index is 14.3. The molecule has 0 aliphatic heterocycles. The van der Waals surface area contributed by atoms with E-state index in [-0.39, 0.29) is 11.6 Å². The van der Waals surface area contributed by atoms with Crippen LogP contribution in [0, 0.1) is 5.82 Å². The zero-order chi connectivity index (χ0) is 13.7. The summed E-state index contributed by atoms with van der Waals surface area (Å²) in [5, 5.41) is 0. The van der Waals surface area contributed by atoms with E-state index in [0.29, 0.717) is 5.56 Å². The van der Waals surface area contributed by atoms with Crippen molar-refractivity contribution in [1.82, 2.24) is 0 Å². The molecule has 20 heavy (non-hydrogen) atoms. The first-order chi connectivity index (χ1) is 9.75. The number of rotatable bonds is 0. The fourth-order valence-corrected chi connectivity index (χ4v) is 3.60. The van der Waals surface area contributed by atoms with Gasteiger partial charge in [-0.1, -0.05) is 24.3 Å². The summed E-state index contributed by atoms with van der Waals surface area (Å²) in [6, 6.07) is 9.16. The number of carbonyl (C=O) groups is 1. The van der Waals surface area contributed by atoms with Gasteiger partial charge in [0.25, 0.3) is 0 Å². The third kappa shape index (κ3) is 1.57. The van der Waals surface area contributed by atoms with E-state index in [1.165, 1.54) is 6.07 Å². The first-order valence-corrected chi connectivity index (χ1v) is 7.21. The zero-order valence-corrected chi connectivity index (χ0v) is 11.2. The first-order valence-electron chi connectivity index (χ1n) is 7.21. The summed E-state index contributed by atoms with van der Waals surface area (Å²) >= 11 is 0. The number of ketones is 1. The molecule has 0 atom stereocenters. The van der Waals surface area contributed by atoms with Crippen LogP contribution in [-0.4, -0.2) is 5.78 Å². The molecule has 0 bridgehead atoms. The normalized spacial score (nSPS) is 16.4. The van der Waals surface area contributed by atoms with Crippen LogP contribution in [-0.2, 0) is 19.3 Å². The highest BCUT2D eigenvalue weighted by molar-refractivity contribution is 6.12. The average molecular weight is 266 g/mol. The molecule has 0 N–H and O–H groups in total. The summed E-state index contributed by atoms with van der Waals surface area (Å²) < 4.78 is 14.3. The van der Waals surface area contributed by atoms with Gasteiger partial charge >= 0.3 is 0 Å². The molecule has 2 aliphatic carbocycles. The quantitative estimate of drug-likeness (QED) is 0.604. The molecule has 0 fully saturated rings. The molecule has 100 valence electrons. The molecular formula is C18H15FO. The van der Waals surface area contributed by atoms with Crippen LogP contribution in [0.3, 0.4) is 0 Å². The molecule has 2 aromatic carbocycles. The van der Waals surface area contributed by atoms with Gasteiger partial charge in [-0.3, -0.25) is 4.79 Å². The molecule has 0 amide bonds. The lowest BCUT2D eigenvalue weighted by Crippen LogP contribution is -2.20. The number of halogens is 1. The van der Waals surface area contributed by atoms with Gasteiger partial charge in [0.05, 0.1) is 0 Å². The molecule has 0 radical (unpaired) electrons. The Kier molecular flexibility index (Phi) is 2.53. The predicted molar refractivity (Wildman–Crippen MR) is 75.7 cm³/mol. The van der Waals surface area contributed by atoms with Crippen LogP contribution in [0.1, 0.15) is 51.0 Å². The van der Waals surface area contributed by atoms with Gasteiger partial charge in [0, 0.05) is 11.1 Å². The first kappa shape index (κ1) is 11.8. The highest BCUT2D eigenvalue weighted by Crippen LogP contribution is 2.35. The second-order valence-corrected chi connectivity index (χ2v) is 5.71. The Balaban J connectivity index is 1.97. The van der Waals surface area contributed by atoms with Crippen molar-refractivity contribution >= 4 is 5.78 Å². The Morgan fingerprint density at radius 2 is 1.65 bits per heavy atom. The van der Waals surface area contributed by atoms with Crippen molar-refractivity contribution in [2.24, 2.45) is 0 Å². The van der Waals surface area contributed by atoms with Crippen LogP contribution in [0.25, 0.3) is 0 Å². The van der Waals surface area contributed by atoms with Gasteiger partial charge < -0.3 is 0 Å². The van der Waals surface area contributed by atoms with Crippen molar-refractivity contribution in [2.45, 2.75) is 32.1 Å². The monoisotopic (exact) mass is 266 g/mol. The van der Waals surface area contributed by atoms with Gasteiger partial charge in [-0.2, -0.15) is 0 Å². The maximum Gasteiger partial charge on any atom is 0.193 e. The summed E-state index contributed by atoms with van der Waals surface area (Å²) in [6.45, 7) is 0. The average Bonchev–Trinajstić information content (AvgIpc) is 2.49. The molecule has 2 aliphatic rings. The number of fused-ring (bicyclic) bond motifs is 4. The Morgan fingerprint density at radius 1 is 0.900 bits per heavy atom. The second-order valence-electron chi connectivity index (χ2n) is 5.71. The zero-order valence-electron chi connectivity index (χ0n) is 11.2. The van der Waals surface area contributed by atoms with E-state index in [0.717, 1.165) is 59.9 Å². The number of carbonyl (C=O) groups excluding carboxylic acids is 1. The number of hydrogen-bond donors (Lipinski definition) is 0. The fraction of sp³-hybridized carbons (Fsp3) is 0.278. The lowest BCUT2D eigenvalue weighted by Gasteiger charge is -2.26. The van der Waals surface area contributed by atoms with Crippen LogP contribution in [0.4, 0.5) is 4.39 Å². The third-order valence-corrected chi connectivity index (χ3v) is 4.59. The largest absolute Gasteiger partial charge is 0.289 e. The van der Waals surface area contributed by atoms with E-state index in [4.69, 9.17) is 0 Å². The van der Waals surface area contributed by atoms with E-state index >= 15 is 0 Å². The molecule has 4 rings (SSSR count). The minimum absolute atomic E-state index is 0.0193. The van der Waals surface area contributed by atoms with Crippen molar-refractivity contribution in [2.75, 3.05) is 0 Å². The topological polar surface area (TPSA) is 17.1 Å². The van der Waals surface area contributed by atoms with Crippen LogP contribution in [0.15, 0.2) is 30.3 Å². The highest BCUT2D eigenvalue weighted by atomic mass is 19.1. The van der Waals surface area contributed by atoms with E-state index in [9.17, 15) is 9.18 Å². The van der Waals surface area contributed by atoms with E-state index in [1.807, 2.05) is 24.3 Å². The highest BCUT2D eigenvalue weighted by Gasteiger charge is 2.28. The Morgan fingerprint density at radius 3 is 2.50 bits per heavy atom. The van der Waals surface area contributed by atoms with Crippen LogP contribution in [0.2, 0.25) is 0 Å². The van der Waals surface area contributed by atoms with Gasteiger partial charge in [-0.05, 0) is 60.4 Å². The van der Waals surface area contributed by atoms with Gasteiger partial charge in [0.1, 0.15) is 5.82 Å². The summed E-state index contributed by atoms with van der Waals surface area (Å²) in [4.78, 5) is 12.6. The third-order valence-electron chi connectivity index (χ3n) is 4.59. The van der Waals surface area contributed by atoms with Gasteiger partial charge in [0.15, 0.2) is 5.78 Å². The maximum absolute atomic E-state index is 14.3. The molecule has 0 spiro atoms. The smallest absolute Gasteiger partial charge is 0.193 e. The minimum Gasteiger partial charge on any atom is -0.289 e. The SMILES string of the molecule is O=C1c2ccccc2Cc2c1cc(F)c1c2CCCC1. The minimum atomic E-state index is -0.189. The van der Waals surface area contributed by atoms with Gasteiger partial charge in [-0.25, -0.2) is 4.39 Å². The van der Waals surface area contributed by atoms with E-state index in [1.54, 1.807) is 0 Å². The molecule has 1 nitrogen and oxygen atoms in total. The van der Waals surface area contributed by atoms with Gasteiger partial charge in [-0.15, -0.1) is 0 Å². The van der Waals surface area contributed by atoms with Crippen molar-refractivity contribution in [3.63, 3.8) is 0 Å². The fourth-order valence-electron chi connectivity index (χ4n) is 3.60. The number of hydrogen-bond acceptors (Lipinski definition) is 1. The van der Waals surface area contributed by atoms with E-state index in [2.05, 4.69) is 0 Å². The molecular weight excluding hydrogens is 251 g/mol. The van der Waals surface area contributed by atoms with Crippen molar-refractivity contribution in [1.29, 1.82) is 0 Å². The van der Waals surface area contributed by atoms with Crippen LogP contribution >= 0.6 is 0 Å². The summed E-state index contributed by atoms with van der Waals surface area (Å²) in [5.41, 5.74) is 5.42. The Hall–Kier alpha value is -1.96. The van der Waals surface area contributed by atoms with Crippen molar-refractivity contribution < 1.29 is 9.18 Å². The molecule has 0 heterocycles. The Bertz CT molecular complexity index is 730. The predicted octanol–water partition coefficient (Wildman–Crippen LogP) is 3.84. The second kappa shape index (κ2) is 4.27. The molecule has 2 aromatic rings. The summed E-state index contributed by atoms with van der Waals surface area (Å²) in [6.07, 6.45) is 4.63. The number of benzene rings is 2. The Labute approximate surface area is 117 Å². The summed E-state index contributed by atoms with van der Waals surface area (Å²) in [7, 11) is 0. The van der Waals surface area contributed by atoms with Crippen molar-refractivity contribution in [3.8, 4) is 0 Å². The molecule has 0 saturated heterocycles. The molecule has 0 unspecified atom stereocenters. The summed E-state index contributed by atoms with van der Waals surface area (Å²) in [5.74, 6) is -0.208. The van der Waals surface area contributed by atoms with Gasteiger partial charge in [0.2, 0.25) is 0 Å². The standard InChI is InChI=1S/C18H15FO/c19-17-10-16-15(13-7-3-4-8-14(13)17)9-11-5-1-2-6-12(11)18(16)20/h1-2,5-6,10H,3-4,7-9H2.